The molecule has 0 fully saturated rings. The number of rotatable bonds is 5. The molecule has 0 heterocycles. The Morgan fingerprint density at radius 1 is 1.20 bits per heavy atom. The van der Waals surface area contributed by atoms with Crippen LogP contribution in [0.1, 0.15) is 10.4 Å². The van der Waals surface area contributed by atoms with E-state index in [0.717, 1.165) is 0 Å². The molecule has 0 aliphatic rings. The van der Waals surface area contributed by atoms with E-state index in [1.54, 1.807) is 6.07 Å². The van der Waals surface area contributed by atoms with Crippen molar-refractivity contribution in [3.8, 4) is 0 Å². The quantitative estimate of drug-likeness (QED) is 0.414. The summed E-state index contributed by atoms with van der Waals surface area (Å²) in [6.07, 6.45) is 0. The van der Waals surface area contributed by atoms with Crippen molar-refractivity contribution in [1.29, 1.82) is 0 Å². The molecule has 130 valence electrons. The van der Waals surface area contributed by atoms with Crippen LogP contribution in [0.2, 0.25) is 10.0 Å². The maximum Gasteiger partial charge on any atom is 0.341 e. The number of anilines is 1. The van der Waals surface area contributed by atoms with Gasteiger partial charge in [-0.25, -0.2) is 4.79 Å². The number of ether oxygens (including phenoxy) is 1. The summed E-state index contributed by atoms with van der Waals surface area (Å²) in [6, 6.07) is 8.34. The maximum atomic E-state index is 12.0. The van der Waals surface area contributed by atoms with Crippen LogP contribution in [0.15, 0.2) is 40.9 Å². The SMILES string of the molecule is O=C(COC(=O)c1c(Cl)cccc1Cl)Nc1ccc([N+](=O)[O-])cc1Br. The summed E-state index contributed by atoms with van der Waals surface area (Å²) in [5, 5.41) is 13.3. The number of hydrogen-bond acceptors (Lipinski definition) is 5. The third kappa shape index (κ3) is 4.91. The molecule has 10 heteroatoms. The van der Waals surface area contributed by atoms with E-state index in [9.17, 15) is 19.7 Å². The van der Waals surface area contributed by atoms with Gasteiger partial charge in [0.25, 0.3) is 11.6 Å². The number of carbonyl (C=O) groups excluding carboxylic acids is 2. The Labute approximate surface area is 160 Å². The highest BCUT2D eigenvalue weighted by Crippen LogP contribution is 2.27. The minimum absolute atomic E-state index is 0.0323. The Balaban J connectivity index is 1.99. The van der Waals surface area contributed by atoms with E-state index in [4.69, 9.17) is 27.9 Å². The van der Waals surface area contributed by atoms with E-state index < -0.39 is 23.4 Å². The summed E-state index contributed by atoms with van der Waals surface area (Å²) in [6.45, 7) is -0.580. The number of carbonyl (C=O) groups is 2. The lowest BCUT2D eigenvalue weighted by Crippen LogP contribution is -2.21. The molecule has 0 aliphatic carbocycles. The minimum atomic E-state index is -0.839. The van der Waals surface area contributed by atoms with Crippen LogP contribution < -0.4 is 5.32 Å². The lowest BCUT2D eigenvalue weighted by atomic mass is 10.2. The number of esters is 1. The predicted molar refractivity (Wildman–Crippen MR) is 96.2 cm³/mol. The van der Waals surface area contributed by atoms with Gasteiger partial charge in [0.15, 0.2) is 6.61 Å². The van der Waals surface area contributed by atoms with Gasteiger partial charge in [0.1, 0.15) is 0 Å². The number of nitrogens with one attached hydrogen (secondary N) is 1. The Kier molecular flexibility index (Phi) is 6.35. The molecule has 25 heavy (non-hydrogen) atoms. The first-order chi connectivity index (χ1) is 11.8. The second-order valence-electron chi connectivity index (χ2n) is 4.64. The van der Waals surface area contributed by atoms with Crippen molar-refractivity contribution in [1.82, 2.24) is 0 Å². The molecule has 0 aromatic heterocycles. The van der Waals surface area contributed by atoms with Crippen LogP contribution in [0.5, 0.6) is 0 Å². The van der Waals surface area contributed by atoms with E-state index in [1.807, 2.05) is 0 Å². The topological polar surface area (TPSA) is 98.5 Å². The zero-order valence-corrected chi connectivity index (χ0v) is 15.4. The Bertz CT molecular complexity index is 840. The smallest absolute Gasteiger partial charge is 0.341 e. The average molecular weight is 448 g/mol. The predicted octanol–water partition coefficient (Wildman–Crippen LogP) is 4.46. The van der Waals surface area contributed by atoms with Crippen molar-refractivity contribution in [2.75, 3.05) is 11.9 Å². The largest absolute Gasteiger partial charge is 0.452 e. The normalized spacial score (nSPS) is 10.2. The van der Waals surface area contributed by atoms with Crippen molar-refractivity contribution in [2.24, 2.45) is 0 Å². The number of nitrogens with zero attached hydrogens (tertiary/aromatic N) is 1. The molecule has 0 radical (unpaired) electrons. The highest BCUT2D eigenvalue weighted by atomic mass is 79.9. The van der Waals surface area contributed by atoms with Crippen molar-refractivity contribution in [3.63, 3.8) is 0 Å². The first-order valence-corrected chi connectivity index (χ1v) is 8.19. The zero-order chi connectivity index (χ0) is 18.6. The van der Waals surface area contributed by atoms with Gasteiger partial charge in [0.05, 0.1) is 26.2 Å². The van der Waals surface area contributed by atoms with Crippen molar-refractivity contribution in [2.45, 2.75) is 0 Å². The van der Waals surface area contributed by atoms with Crippen LogP contribution in [0.25, 0.3) is 0 Å². The minimum Gasteiger partial charge on any atom is -0.452 e. The third-order valence-corrected chi connectivity index (χ3v) is 4.22. The van der Waals surface area contributed by atoms with Crippen LogP contribution in [0.3, 0.4) is 0 Å². The molecular formula is C15H9BrCl2N2O5. The molecule has 2 aromatic carbocycles. The van der Waals surface area contributed by atoms with Crippen molar-refractivity contribution >= 4 is 62.4 Å². The van der Waals surface area contributed by atoms with Gasteiger partial charge in [-0.1, -0.05) is 29.3 Å². The Morgan fingerprint density at radius 3 is 2.40 bits per heavy atom. The second kappa shape index (κ2) is 8.28. The Hall–Kier alpha value is -2.16. The van der Waals surface area contributed by atoms with Gasteiger partial charge in [0, 0.05) is 16.6 Å². The van der Waals surface area contributed by atoms with Crippen LogP contribution in [-0.4, -0.2) is 23.4 Å². The number of hydrogen-bond donors (Lipinski definition) is 1. The van der Waals surface area contributed by atoms with Crippen molar-refractivity contribution in [3.05, 3.63) is 66.6 Å². The molecule has 2 aromatic rings. The molecule has 0 spiro atoms. The summed E-state index contributed by atoms with van der Waals surface area (Å²) in [4.78, 5) is 34.0. The fraction of sp³-hybridized carbons (Fsp3) is 0.0667. The standard InChI is InChI=1S/C15H9BrCl2N2O5/c16-9-6-8(20(23)24)4-5-12(9)19-13(21)7-25-15(22)14-10(17)2-1-3-11(14)18/h1-6H,7H2,(H,19,21). The number of nitro groups is 1. The molecule has 1 amide bonds. The molecule has 1 N–H and O–H groups in total. The van der Waals surface area contributed by atoms with Crippen LogP contribution in [0.4, 0.5) is 11.4 Å². The van der Waals surface area contributed by atoms with Gasteiger partial charge in [-0.3, -0.25) is 14.9 Å². The number of non-ortho nitro benzene ring substituents is 1. The van der Waals surface area contributed by atoms with Crippen LogP contribution in [-0.2, 0) is 9.53 Å². The zero-order valence-electron chi connectivity index (χ0n) is 12.3. The highest BCUT2D eigenvalue weighted by molar-refractivity contribution is 9.10. The van der Waals surface area contributed by atoms with E-state index in [0.29, 0.717) is 10.2 Å². The third-order valence-electron chi connectivity index (χ3n) is 2.94. The summed E-state index contributed by atoms with van der Waals surface area (Å²) >= 11 is 14.9. The fourth-order valence-electron chi connectivity index (χ4n) is 1.80. The molecule has 0 atom stereocenters. The Morgan fingerprint density at radius 2 is 1.84 bits per heavy atom. The fourth-order valence-corrected chi connectivity index (χ4v) is 2.82. The molecule has 0 saturated carbocycles. The van der Waals surface area contributed by atoms with E-state index in [2.05, 4.69) is 21.2 Å². The average Bonchev–Trinajstić information content (AvgIpc) is 2.54. The highest BCUT2D eigenvalue weighted by Gasteiger charge is 2.18. The monoisotopic (exact) mass is 446 g/mol. The van der Waals surface area contributed by atoms with Crippen molar-refractivity contribution < 1.29 is 19.2 Å². The summed E-state index contributed by atoms with van der Waals surface area (Å²) < 4.78 is 5.20. The molecule has 0 aliphatic heterocycles. The van der Waals surface area contributed by atoms with Gasteiger partial charge >= 0.3 is 5.97 Å². The van der Waals surface area contributed by atoms with Gasteiger partial charge < -0.3 is 10.1 Å². The van der Waals surface area contributed by atoms with E-state index in [1.165, 1.54) is 30.3 Å². The van der Waals surface area contributed by atoms with Gasteiger partial charge in [-0.15, -0.1) is 0 Å². The molecular weight excluding hydrogens is 439 g/mol. The summed E-state index contributed by atoms with van der Waals surface area (Å²) in [5.74, 6) is -1.47. The summed E-state index contributed by atoms with van der Waals surface area (Å²) in [5.41, 5.74) is 0.127. The number of benzene rings is 2. The van der Waals surface area contributed by atoms with Crippen LogP contribution >= 0.6 is 39.1 Å². The molecule has 7 nitrogen and oxygen atoms in total. The first-order valence-electron chi connectivity index (χ1n) is 6.64. The van der Waals surface area contributed by atoms with E-state index in [-0.39, 0.29) is 21.3 Å². The molecule has 0 unspecified atom stereocenters. The number of halogens is 3. The first kappa shape index (κ1) is 19.2. The molecule has 0 saturated heterocycles. The number of nitro benzene ring substituents is 1. The second-order valence-corrected chi connectivity index (χ2v) is 6.31. The van der Waals surface area contributed by atoms with Crippen LogP contribution in [0, 0.1) is 10.1 Å². The van der Waals surface area contributed by atoms with Gasteiger partial charge in [0.2, 0.25) is 0 Å². The van der Waals surface area contributed by atoms with E-state index >= 15 is 0 Å². The lowest BCUT2D eigenvalue weighted by molar-refractivity contribution is -0.384. The molecule has 2 rings (SSSR count). The summed E-state index contributed by atoms with van der Waals surface area (Å²) in [7, 11) is 0. The maximum absolute atomic E-state index is 12.0. The number of amides is 1. The lowest BCUT2D eigenvalue weighted by Gasteiger charge is -2.09. The van der Waals surface area contributed by atoms with Gasteiger partial charge in [-0.05, 0) is 34.1 Å². The molecule has 0 bridgehead atoms. The van der Waals surface area contributed by atoms with Gasteiger partial charge in [-0.2, -0.15) is 0 Å².